The highest BCUT2D eigenvalue weighted by atomic mass is 79.9. The Kier molecular flexibility index (Phi) is 19.2. The van der Waals surface area contributed by atoms with E-state index >= 15 is 0 Å². The molecule has 1 aromatic carbocycles. The summed E-state index contributed by atoms with van der Waals surface area (Å²) in [6, 6.07) is 6.05. The Labute approximate surface area is 211 Å². The number of carbonyl (C=O) groups is 2. The Hall–Kier alpha value is -1.36. The van der Waals surface area contributed by atoms with Gasteiger partial charge in [-0.15, -0.1) is 0 Å². The largest absolute Gasteiger partial charge is 0.465 e. The number of nitrogens with one attached hydrogen (secondary N) is 1. The van der Waals surface area contributed by atoms with Crippen molar-refractivity contribution in [3.8, 4) is 0 Å². The summed E-state index contributed by atoms with van der Waals surface area (Å²) < 4.78 is 5.21. The lowest BCUT2D eigenvalue weighted by molar-refractivity contribution is -0.148. The van der Waals surface area contributed by atoms with Crippen LogP contribution in [0.4, 0.5) is 5.69 Å². The van der Waals surface area contributed by atoms with Gasteiger partial charge in [0.25, 0.3) is 0 Å². The molecule has 4 nitrogen and oxygen atoms in total. The Balaban J connectivity index is 0.000000629. The Morgan fingerprint density at radius 3 is 1.94 bits per heavy atom. The zero-order valence-corrected chi connectivity index (χ0v) is 23.6. The number of hydrogen-bond acceptors (Lipinski definition) is 3. The van der Waals surface area contributed by atoms with Crippen molar-refractivity contribution in [3.63, 3.8) is 0 Å². The van der Waals surface area contributed by atoms with Crippen LogP contribution in [0.15, 0.2) is 18.2 Å². The van der Waals surface area contributed by atoms with E-state index < -0.39 is 0 Å². The van der Waals surface area contributed by atoms with Gasteiger partial charge in [0.15, 0.2) is 0 Å². The first-order chi connectivity index (χ1) is 15.8. The highest BCUT2D eigenvalue weighted by Crippen LogP contribution is 2.17. The number of halogens is 1. The standard InChI is InChI=1S/C15H29BrO2.C13H19NO/c1-3-14(2)15(17)18-13-11-9-7-5-4-6-8-10-12-16;1-5-10(3)13(15)14-12-7-6-9(2)8-11(12)4/h14H,3-13H2,1-2H3;6-8,10H,5H2,1-4H3,(H,14,15). The summed E-state index contributed by atoms with van der Waals surface area (Å²) in [5.41, 5.74) is 3.26. The van der Waals surface area contributed by atoms with Crippen LogP contribution in [0.1, 0.15) is 103 Å². The molecule has 0 aliphatic rings. The van der Waals surface area contributed by atoms with Gasteiger partial charge in [0.2, 0.25) is 5.91 Å². The summed E-state index contributed by atoms with van der Waals surface area (Å²) in [4.78, 5) is 23.1. The summed E-state index contributed by atoms with van der Waals surface area (Å²) in [6.45, 7) is 12.6. The van der Waals surface area contributed by atoms with E-state index in [0.29, 0.717) is 6.61 Å². The van der Waals surface area contributed by atoms with Crippen LogP contribution in [0.3, 0.4) is 0 Å². The van der Waals surface area contributed by atoms with Crippen molar-refractivity contribution < 1.29 is 14.3 Å². The normalized spacial score (nSPS) is 12.3. The van der Waals surface area contributed by atoms with Gasteiger partial charge in [0.1, 0.15) is 0 Å². The minimum absolute atomic E-state index is 0.0349. The first kappa shape index (κ1) is 31.6. The average molecular weight is 527 g/mol. The molecule has 0 fully saturated rings. The lowest BCUT2D eigenvalue weighted by Gasteiger charge is -2.12. The van der Waals surface area contributed by atoms with Crippen molar-refractivity contribution in [1.29, 1.82) is 0 Å². The van der Waals surface area contributed by atoms with Gasteiger partial charge >= 0.3 is 5.97 Å². The lowest BCUT2D eigenvalue weighted by atomic mass is 10.1. The first-order valence-corrected chi connectivity index (χ1v) is 14.0. The number of rotatable bonds is 15. The van der Waals surface area contributed by atoms with Crippen LogP contribution in [0.25, 0.3) is 0 Å². The van der Waals surface area contributed by atoms with Crippen LogP contribution in [-0.2, 0) is 14.3 Å². The molecular weight excluding hydrogens is 478 g/mol. The minimum Gasteiger partial charge on any atom is -0.465 e. The third kappa shape index (κ3) is 16.0. The van der Waals surface area contributed by atoms with E-state index in [1.165, 1.54) is 50.5 Å². The molecule has 5 heteroatoms. The van der Waals surface area contributed by atoms with Crippen molar-refractivity contribution in [3.05, 3.63) is 29.3 Å². The fourth-order valence-electron chi connectivity index (χ4n) is 3.13. The van der Waals surface area contributed by atoms with Crippen LogP contribution >= 0.6 is 15.9 Å². The van der Waals surface area contributed by atoms with Crippen LogP contribution < -0.4 is 5.32 Å². The number of aryl methyl sites for hydroxylation is 2. The molecule has 1 aromatic rings. The number of unbranched alkanes of at least 4 members (excludes halogenated alkanes) is 7. The summed E-state index contributed by atoms with van der Waals surface area (Å²) in [7, 11) is 0. The molecular formula is C28H48BrNO3. The number of anilines is 1. The van der Waals surface area contributed by atoms with E-state index in [1.807, 2.05) is 53.7 Å². The summed E-state index contributed by atoms with van der Waals surface area (Å²) in [6.07, 6.45) is 11.9. The molecule has 0 heterocycles. The molecule has 2 atom stereocenters. The van der Waals surface area contributed by atoms with E-state index in [4.69, 9.17) is 4.74 Å². The third-order valence-electron chi connectivity index (χ3n) is 5.99. The zero-order chi connectivity index (χ0) is 25.1. The molecule has 0 saturated carbocycles. The number of benzene rings is 1. The van der Waals surface area contributed by atoms with Crippen LogP contribution in [-0.4, -0.2) is 23.8 Å². The van der Waals surface area contributed by atoms with Crippen LogP contribution in [0.5, 0.6) is 0 Å². The van der Waals surface area contributed by atoms with Gasteiger partial charge in [0.05, 0.1) is 12.5 Å². The Bertz CT molecular complexity index is 663. The summed E-state index contributed by atoms with van der Waals surface area (Å²) in [5.74, 6) is 0.196. The zero-order valence-electron chi connectivity index (χ0n) is 22.0. The molecule has 0 bridgehead atoms. The SMILES string of the molecule is CCC(C)C(=O)Nc1ccc(C)cc1C.CCC(C)C(=O)OCCCCCCCCCCBr. The van der Waals surface area contributed by atoms with E-state index in [2.05, 4.69) is 27.3 Å². The average Bonchev–Trinajstić information content (AvgIpc) is 2.81. The number of esters is 1. The van der Waals surface area contributed by atoms with Gasteiger partial charge < -0.3 is 10.1 Å². The molecule has 1 amide bonds. The minimum atomic E-state index is -0.0349. The van der Waals surface area contributed by atoms with Gasteiger partial charge in [-0.1, -0.05) is 99.8 Å². The van der Waals surface area contributed by atoms with Gasteiger partial charge in [0, 0.05) is 16.9 Å². The molecule has 1 N–H and O–H groups in total. The highest BCUT2D eigenvalue weighted by Gasteiger charge is 2.12. The summed E-state index contributed by atoms with van der Waals surface area (Å²) in [5, 5.41) is 4.08. The first-order valence-electron chi connectivity index (χ1n) is 12.9. The van der Waals surface area contributed by atoms with E-state index in [9.17, 15) is 9.59 Å². The Morgan fingerprint density at radius 2 is 1.42 bits per heavy atom. The smallest absolute Gasteiger partial charge is 0.308 e. The molecule has 0 radical (unpaired) electrons. The number of hydrogen-bond donors (Lipinski definition) is 1. The highest BCUT2D eigenvalue weighted by molar-refractivity contribution is 9.09. The summed E-state index contributed by atoms with van der Waals surface area (Å²) >= 11 is 3.45. The second-order valence-corrected chi connectivity index (χ2v) is 9.90. The van der Waals surface area contributed by atoms with Gasteiger partial charge in [-0.2, -0.15) is 0 Å². The van der Waals surface area contributed by atoms with E-state index in [0.717, 1.165) is 35.8 Å². The molecule has 0 saturated heterocycles. The molecule has 2 unspecified atom stereocenters. The number of ether oxygens (including phenoxy) is 1. The topological polar surface area (TPSA) is 55.4 Å². The van der Waals surface area contributed by atoms with Crippen molar-refractivity contribution >= 4 is 33.5 Å². The predicted molar refractivity (Wildman–Crippen MR) is 145 cm³/mol. The molecule has 190 valence electrons. The van der Waals surface area contributed by atoms with Crippen molar-refractivity contribution in [1.82, 2.24) is 0 Å². The second kappa shape index (κ2) is 20.1. The quantitative estimate of drug-likeness (QED) is 0.142. The maximum atomic E-state index is 11.7. The number of carbonyl (C=O) groups excluding carboxylic acids is 2. The molecule has 0 aliphatic heterocycles. The number of alkyl halides is 1. The fourth-order valence-corrected chi connectivity index (χ4v) is 3.53. The molecule has 0 aromatic heterocycles. The molecule has 33 heavy (non-hydrogen) atoms. The maximum absolute atomic E-state index is 11.7. The molecule has 0 aliphatic carbocycles. The molecule has 1 rings (SSSR count). The number of amides is 1. The Morgan fingerprint density at radius 1 is 0.879 bits per heavy atom. The van der Waals surface area contributed by atoms with Crippen molar-refractivity contribution in [2.45, 2.75) is 106 Å². The van der Waals surface area contributed by atoms with E-state index in [-0.39, 0.29) is 23.7 Å². The van der Waals surface area contributed by atoms with Crippen LogP contribution in [0, 0.1) is 25.7 Å². The van der Waals surface area contributed by atoms with Gasteiger partial charge in [-0.25, -0.2) is 0 Å². The van der Waals surface area contributed by atoms with Gasteiger partial charge in [-0.3, -0.25) is 9.59 Å². The fraction of sp³-hybridized carbons (Fsp3) is 0.714. The van der Waals surface area contributed by atoms with Crippen molar-refractivity contribution in [2.75, 3.05) is 17.3 Å². The van der Waals surface area contributed by atoms with Gasteiger partial charge in [-0.05, 0) is 51.2 Å². The predicted octanol–water partition coefficient (Wildman–Crippen LogP) is 8.38. The molecule has 0 spiro atoms. The maximum Gasteiger partial charge on any atom is 0.308 e. The monoisotopic (exact) mass is 525 g/mol. The lowest BCUT2D eigenvalue weighted by Crippen LogP contribution is -2.20. The second-order valence-electron chi connectivity index (χ2n) is 9.11. The van der Waals surface area contributed by atoms with Crippen molar-refractivity contribution in [2.24, 2.45) is 11.8 Å². The third-order valence-corrected chi connectivity index (χ3v) is 6.55. The van der Waals surface area contributed by atoms with Crippen LogP contribution in [0.2, 0.25) is 0 Å². The van der Waals surface area contributed by atoms with E-state index in [1.54, 1.807) is 0 Å².